The maximum atomic E-state index is 11.3. The Bertz CT molecular complexity index is 604. The highest BCUT2D eigenvalue weighted by Crippen LogP contribution is 2.28. The van der Waals surface area contributed by atoms with Crippen molar-refractivity contribution >= 4 is 27.4 Å². The molecule has 7 nitrogen and oxygen atoms in total. The number of hydrogen-bond acceptors (Lipinski definition) is 6. The number of carbonyl (C=O) groups is 1. The Morgan fingerprint density at radius 3 is 2.78 bits per heavy atom. The maximum absolute atomic E-state index is 11.3. The summed E-state index contributed by atoms with van der Waals surface area (Å²) in [6.45, 7) is 0. The van der Waals surface area contributed by atoms with E-state index in [1.165, 1.54) is 18.2 Å². The van der Waals surface area contributed by atoms with Crippen LogP contribution in [0.5, 0.6) is 5.75 Å². The zero-order chi connectivity index (χ0) is 13.8. The zero-order valence-electron chi connectivity index (χ0n) is 9.50. The van der Waals surface area contributed by atoms with Gasteiger partial charge in [0.25, 0.3) is 0 Å². The highest BCUT2D eigenvalue weighted by atomic mass is 32.2. The van der Waals surface area contributed by atoms with Gasteiger partial charge in [0.15, 0.2) is 5.75 Å². The Hall–Kier alpha value is -2.27. The zero-order valence-corrected chi connectivity index (χ0v) is 10.3. The highest BCUT2D eigenvalue weighted by molar-refractivity contribution is 7.86. The summed E-state index contributed by atoms with van der Waals surface area (Å²) in [4.78, 5) is 11.3. The molecule has 0 radical (unpaired) electrons. The Labute approximate surface area is 104 Å². The van der Waals surface area contributed by atoms with Gasteiger partial charge in [0.2, 0.25) is 5.91 Å². The summed E-state index contributed by atoms with van der Waals surface area (Å²) in [5, 5.41) is 10.7. The summed E-state index contributed by atoms with van der Waals surface area (Å²) < 4.78 is 26.7. The molecule has 0 spiro atoms. The molecular formula is C10H11N3O4S. The third-order valence-corrected chi connectivity index (χ3v) is 2.24. The fourth-order valence-electron chi connectivity index (χ4n) is 1.15. The SMILES string of the molecule is CS(=O)(=O)Oc1ccc(N)cc1NC(=O)CC#N. The molecule has 0 bridgehead atoms. The molecular weight excluding hydrogens is 258 g/mol. The van der Waals surface area contributed by atoms with E-state index in [4.69, 9.17) is 11.0 Å². The van der Waals surface area contributed by atoms with Crippen LogP contribution >= 0.6 is 0 Å². The van der Waals surface area contributed by atoms with E-state index in [0.29, 0.717) is 5.69 Å². The van der Waals surface area contributed by atoms with Crippen LogP contribution in [0.4, 0.5) is 11.4 Å². The number of carbonyl (C=O) groups excluding carboxylic acids is 1. The fourth-order valence-corrected chi connectivity index (χ4v) is 1.62. The molecule has 8 heteroatoms. The van der Waals surface area contributed by atoms with E-state index in [1.807, 2.05) is 0 Å². The van der Waals surface area contributed by atoms with Crippen LogP contribution in [-0.2, 0) is 14.9 Å². The number of benzene rings is 1. The van der Waals surface area contributed by atoms with Gasteiger partial charge in [-0.2, -0.15) is 13.7 Å². The molecule has 1 aromatic carbocycles. The minimum Gasteiger partial charge on any atom is -0.399 e. The van der Waals surface area contributed by atoms with E-state index >= 15 is 0 Å². The predicted molar refractivity (Wildman–Crippen MR) is 65.2 cm³/mol. The van der Waals surface area contributed by atoms with Gasteiger partial charge >= 0.3 is 10.1 Å². The number of anilines is 2. The molecule has 0 saturated carbocycles. The first-order valence-electron chi connectivity index (χ1n) is 4.77. The second-order valence-corrected chi connectivity index (χ2v) is 5.00. The Morgan fingerprint density at radius 2 is 2.22 bits per heavy atom. The van der Waals surface area contributed by atoms with Gasteiger partial charge < -0.3 is 15.2 Å². The lowest BCUT2D eigenvalue weighted by Crippen LogP contribution is -2.13. The molecule has 18 heavy (non-hydrogen) atoms. The number of nitrogen functional groups attached to an aromatic ring is 1. The standard InChI is InChI=1S/C10H11N3O4S/c1-18(15,16)17-9-3-2-7(12)6-8(9)13-10(14)4-5-11/h2-3,6H,4,12H2,1H3,(H,13,14). The minimum absolute atomic E-state index is 0.0574. The number of nitrogens with one attached hydrogen (secondary N) is 1. The molecule has 0 aromatic heterocycles. The largest absolute Gasteiger partial charge is 0.399 e. The first kappa shape index (κ1) is 13.8. The van der Waals surface area contributed by atoms with Crippen molar-refractivity contribution in [1.82, 2.24) is 0 Å². The summed E-state index contributed by atoms with van der Waals surface area (Å²) in [5.41, 5.74) is 5.94. The second kappa shape index (κ2) is 5.37. The topological polar surface area (TPSA) is 122 Å². The van der Waals surface area contributed by atoms with Crippen molar-refractivity contribution in [1.29, 1.82) is 5.26 Å². The molecule has 0 aliphatic rings. The van der Waals surface area contributed by atoms with Gasteiger partial charge in [0, 0.05) is 5.69 Å². The first-order chi connectivity index (χ1) is 8.31. The quantitative estimate of drug-likeness (QED) is 0.604. The normalized spacial score (nSPS) is 10.4. The van der Waals surface area contributed by atoms with Crippen molar-refractivity contribution in [2.45, 2.75) is 6.42 Å². The molecule has 0 fully saturated rings. The van der Waals surface area contributed by atoms with Crippen molar-refractivity contribution in [3.05, 3.63) is 18.2 Å². The summed E-state index contributed by atoms with van der Waals surface area (Å²) >= 11 is 0. The van der Waals surface area contributed by atoms with Gasteiger partial charge in [-0.1, -0.05) is 0 Å². The average Bonchev–Trinajstić information content (AvgIpc) is 2.20. The third-order valence-electron chi connectivity index (χ3n) is 1.76. The van der Waals surface area contributed by atoms with Crippen LogP contribution in [0.1, 0.15) is 6.42 Å². The number of nitriles is 1. The summed E-state index contributed by atoms with van der Waals surface area (Å²) in [7, 11) is -3.72. The first-order valence-corrected chi connectivity index (χ1v) is 6.59. The summed E-state index contributed by atoms with van der Waals surface area (Å²) in [6, 6.07) is 5.76. The van der Waals surface area contributed by atoms with E-state index < -0.39 is 16.0 Å². The smallest absolute Gasteiger partial charge is 0.306 e. The molecule has 1 aromatic rings. The van der Waals surface area contributed by atoms with Crippen LogP contribution in [0.15, 0.2) is 18.2 Å². The molecule has 0 heterocycles. The minimum atomic E-state index is -3.72. The maximum Gasteiger partial charge on any atom is 0.306 e. The van der Waals surface area contributed by atoms with E-state index in [2.05, 4.69) is 9.50 Å². The van der Waals surface area contributed by atoms with Gasteiger partial charge in [0.05, 0.1) is 18.0 Å². The van der Waals surface area contributed by atoms with Crippen molar-refractivity contribution in [2.24, 2.45) is 0 Å². The number of nitrogens with zero attached hydrogens (tertiary/aromatic N) is 1. The van der Waals surface area contributed by atoms with E-state index in [1.54, 1.807) is 6.07 Å². The van der Waals surface area contributed by atoms with Crippen molar-refractivity contribution in [3.63, 3.8) is 0 Å². The van der Waals surface area contributed by atoms with E-state index in [-0.39, 0.29) is 17.9 Å². The molecule has 0 saturated heterocycles. The molecule has 3 N–H and O–H groups in total. The van der Waals surface area contributed by atoms with Crippen LogP contribution in [0.25, 0.3) is 0 Å². The highest BCUT2D eigenvalue weighted by Gasteiger charge is 2.12. The number of nitrogens with two attached hydrogens (primary N) is 1. The molecule has 96 valence electrons. The predicted octanol–water partition coefficient (Wildman–Crippen LogP) is 0.459. The number of rotatable bonds is 4. The van der Waals surface area contributed by atoms with E-state index in [9.17, 15) is 13.2 Å². The third kappa shape index (κ3) is 4.31. The lowest BCUT2D eigenvalue weighted by atomic mass is 10.2. The Morgan fingerprint density at radius 1 is 1.56 bits per heavy atom. The second-order valence-electron chi connectivity index (χ2n) is 3.43. The van der Waals surface area contributed by atoms with Crippen molar-refractivity contribution in [3.8, 4) is 11.8 Å². The lowest BCUT2D eigenvalue weighted by Gasteiger charge is -2.10. The van der Waals surface area contributed by atoms with Crippen LogP contribution in [0.2, 0.25) is 0 Å². The Balaban J connectivity index is 3.05. The molecule has 1 amide bonds. The van der Waals surface area contributed by atoms with Gasteiger partial charge in [-0.05, 0) is 18.2 Å². The van der Waals surface area contributed by atoms with Gasteiger partial charge in [-0.3, -0.25) is 4.79 Å². The fraction of sp³-hybridized carbons (Fsp3) is 0.200. The van der Waals surface area contributed by atoms with Crippen LogP contribution in [0, 0.1) is 11.3 Å². The van der Waals surface area contributed by atoms with Crippen LogP contribution < -0.4 is 15.2 Å². The molecule has 1 rings (SSSR count). The van der Waals surface area contributed by atoms with Crippen molar-refractivity contribution in [2.75, 3.05) is 17.3 Å². The molecule has 0 aliphatic heterocycles. The van der Waals surface area contributed by atoms with E-state index in [0.717, 1.165) is 6.26 Å². The average molecular weight is 269 g/mol. The number of amides is 1. The van der Waals surface area contributed by atoms with Gasteiger partial charge in [0.1, 0.15) is 6.42 Å². The Kier molecular flexibility index (Phi) is 4.12. The lowest BCUT2D eigenvalue weighted by molar-refractivity contribution is -0.115. The molecule has 0 atom stereocenters. The molecule has 0 unspecified atom stereocenters. The van der Waals surface area contributed by atoms with Crippen LogP contribution in [-0.4, -0.2) is 20.6 Å². The summed E-state index contributed by atoms with van der Waals surface area (Å²) in [5.74, 6) is -0.639. The number of hydrogen-bond donors (Lipinski definition) is 2. The van der Waals surface area contributed by atoms with Gasteiger partial charge in [-0.15, -0.1) is 0 Å². The monoisotopic (exact) mass is 269 g/mol. The molecule has 0 aliphatic carbocycles. The van der Waals surface area contributed by atoms with Gasteiger partial charge in [-0.25, -0.2) is 0 Å². The summed E-state index contributed by atoms with van der Waals surface area (Å²) in [6.07, 6.45) is 0.525. The van der Waals surface area contributed by atoms with Crippen LogP contribution in [0.3, 0.4) is 0 Å². The van der Waals surface area contributed by atoms with Crippen molar-refractivity contribution < 1.29 is 17.4 Å².